The van der Waals surface area contributed by atoms with Crippen LogP contribution < -0.4 is 93.4 Å². The second-order valence-electron chi connectivity index (χ2n) is 35.6. The number of rotatable bonds is 70. The van der Waals surface area contributed by atoms with E-state index in [2.05, 4.69) is 68.1 Å². The molecule has 21 atom stereocenters. The number of carbonyl (C=O) groups excluding carboxylic acids is 11. The molecule has 2 aromatic heterocycles. The van der Waals surface area contributed by atoms with Crippen molar-refractivity contribution in [2.24, 2.45) is 0 Å². The van der Waals surface area contributed by atoms with Gasteiger partial charge in [-0.3, -0.25) is 61.9 Å². The van der Waals surface area contributed by atoms with Crippen molar-refractivity contribution in [3.63, 3.8) is 0 Å². The Hall–Kier alpha value is -7.21. The zero-order valence-corrected chi connectivity index (χ0v) is 84.4. The van der Waals surface area contributed by atoms with E-state index < -0.39 is 210 Å². The van der Waals surface area contributed by atoms with Gasteiger partial charge in [0.1, 0.15) is 103 Å². The third kappa shape index (κ3) is 44.1. The van der Waals surface area contributed by atoms with Crippen molar-refractivity contribution >= 4 is 89.8 Å². The summed E-state index contributed by atoms with van der Waals surface area (Å²) in [5.74, 6) is -4.16. The van der Waals surface area contributed by atoms with Gasteiger partial charge >= 0.3 is 29.6 Å². The van der Waals surface area contributed by atoms with Crippen LogP contribution in [0.5, 0.6) is 0 Å². The molecule has 5 aliphatic heterocycles. The number of nitrogens with two attached hydrogens (primary N) is 1. The predicted molar refractivity (Wildman–Crippen MR) is 491 cm³/mol. The number of hydrogen-bond acceptors (Lipinski definition) is 40. The number of aliphatic hydroxyl groups is 11. The molecule has 142 heavy (non-hydrogen) atoms. The molecule has 7 rings (SSSR count). The first-order valence-corrected chi connectivity index (χ1v) is 50.0. The number of nitrogen functional groups attached to an aromatic ring is 1. The Morgan fingerprint density at radius 1 is 0.451 bits per heavy atom. The second kappa shape index (κ2) is 66.9. The fourth-order valence-corrected chi connectivity index (χ4v) is 17.3. The van der Waals surface area contributed by atoms with Crippen molar-refractivity contribution < 1.29 is 204 Å². The molecule has 5 fully saturated rings. The fraction of sp³-hybridized carbons (Fsp3) is 0.818. The van der Waals surface area contributed by atoms with Gasteiger partial charge in [-0.25, -0.2) is 15.0 Å². The molecule has 52 nitrogen and oxygen atoms in total. The first-order valence-electron chi connectivity index (χ1n) is 48.6. The Bertz CT molecular complexity index is 3930. The topological polar surface area (TPSA) is 754 Å². The standard InChI is InChI=1S/C88H151N16O36P.Na/c1-54(109)99-73-80(124)77(121)61(45-106)137-85(73)132-35-15-12-21-64(113)90-29-18-32-93-67(116)26-38-129-49-88(50-130-39-27-68(117)94-33-19-30-91-65(114)22-13-16-36-133-86-74(100-55(2)110)81(125)78(122)62(46-107)138-86,51-131-40-28-69(118)95-34-20-31-92-66(115)23-14-17-37-134-87-75(101-56(3)111)82(126)79(123)63(47-108)139-87)102-70(119)24-10-8-6-4-5-7-9-11-25-71(120)103-43-58(112)41-57(103)48-135-141(127,128)140-59-42-72(136-60(59)44-105)104-53-98-76-83(89)96-52-97-84(76)104;/h52-53,57-63,72-75,77-82,85-87,105-108,112,121-126H,4-51H2,1-3H3,(H,90,113)(H,91,114)(H,92,115)(H,93,116)(H,94,117)(H,95,118)(H,99,109)(H,100,110)(H,101,111)(H,102,119)(H,127,128)(H2,89,96,97);/q;+1/p-1/t57-,58+,59-,60+,61+,62+,63+,72+,73+,74+,75+,77-,78-,79-,80+,81+,82+,85+,86+,87+;/m0./s1. The van der Waals surface area contributed by atoms with E-state index in [-0.39, 0.29) is 228 Å². The van der Waals surface area contributed by atoms with Crippen LogP contribution in [0.3, 0.4) is 0 Å². The van der Waals surface area contributed by atoms with E-state index >= 15 is 0 Å². The number of anilines is 1. The summed E-state index contributed by atoms with van der Waals surface area (Å²) in [5, 5.41) is 139. The molecule has 0 radical (unpaired) electrons. The monoisotopic (exact) mass is 2060 g/mol. The Morgan fingerprint density at radius 3 is 1.19 bits per heavy atom. The van der Waals surface area contributed by atoms with Gasteiger partial charge in [-0.2, -0.15) is 0 Å². The first-order chi connectivity index (χ1) is 67.6. The van der Waals surface area contributed by atoms with Crippen LogP contribution in [-0.4, -0.2) is 406 Å². The van der Waals surface area contributed by atoms with Gasteiger partial charge in [-0.15, -0.1) is 0 Å². The Balaban J connectivity index is 0.0000309. The molecule has 0 aliphatic carbocycles. The number of β-amino-alcohol motifs (C(OH)–C–C–N with tert-alkyl or cyclic N) is 1. The summed E-state index contributed by atoms with van der Waals surface area (Å²) in [6, 6.07) is -4.12. The van der Waals surface area contributed by atoms with Gasteiger partial charge in [-0.05, 0) is 77.0 Å². The number of nitrogens with one attached hydrogen (secondary N) is 10. The number of aromatic nitrogens is 4. The number of phosphoric acid groups is 1. The number of phosphoric ester groups is 1. The van der Waals surface area contributed by atoms with E-state index in [0.29, 0.717) is 94.6 Å². The van der Waals surface area contributed by atoms with Crippen molar-refractivity contribution in [1.29, 1.82) is 0 Å². The van der Waals surface area contributed by atoms with Crippen LogP contribution in [0.15, 0.2) is 12.7 Å². The molecule has 1 unspecified atom stereocenters. The van der Waals surface area contributed by atoms with Crippen LogP contribution in [0, 0.1) is 0 Å². The number of amides is 11. The van der Waals surface area contributed by atoms with Gasteiger partial charge in [0, 0.05) is 144 Å². The predicted octanol–water partition coefficient (Wildman–Crippen LogP) is -9.24. The van der Waals surface area contributed by atoms with Gasteiger partial charge in [-0.1, -0.05) is 38.5 Å². The fourth-order valence-electron chi connectivity index (χ4n) is 16.4. The van der Waals surface area contributed by atoms with E-state index in [4.69, 9.17) is 62.1 Å². The van der Waals surface area contributed by atoms with Crippen molar-refractivity contribution in [3.05, 3.63) is 12.7 Å². The average Bonchev–Trinajstić information content (AvgIpc) is 1.64. The summed E-state index contributed by atoms with van der Waals surface area (Å²) in [6.45, 7) is 0.647. The molecule has 2 aromatic rings. The molecular formula is C88H150N16NaO36P. The minimum atomic E-state index is -5.07. The Kier molecular flexibility index (Phi) is 58.2. The summed E-state index contributed by atoms with van der Waals surface area (Å²) >= 11 is 0. The van der Waals surface area contributed by atoms with Crippen LogP contribution in [0.4, 0.5) is 5.82 Å². The first kappa shape index (κ1) is 123. The normalized spacial score (nSPS) is 25.4. The molecule has 804 valence electrons. The van der Waals surface area contributed by atoms with Gasteiger partial charge in [0.05, 0.1) is 97.3 Å². The van der Waals surface area contributed by atoms with Gasteiger partial charge in [0.2, 0.25) is 65.0 Å². The minimum Gasteiger partial charge on any atom is -0.756 e. The SMILES string of the molecule is CC(=O)N[C@H]1[C@H](OCCCCC(=O)NCCCNC(=O)CCOCC(COCCC(=O)NCCCNC(=O)CCCCO[C@@H]2O[C@H](CO)[C@H](O)[C@H](O)[C@H]2NC(C)=O)(COCCC(=O)NCCCNC(=O)CCCCO[C@@H]2O[C@H](CO)[C@H](O)[C@H](O)[C@H]2NC(C)=O)NC(=O)CCCCCCCCCCC(=O)N2C[C@H](O)C[C@H]2COP(=O)([O-])O[C@H]2C[C@H](n3cnc4c(N)ncnc43)O[C@@H]2CO)O[C@H](CO)[C@H](O)[C@@H]1O.[Na+]. The van der Waals surface area contributed by atoms with Gasteiger partial charge < -0.3 is 181 Å². The summed E-state index contributed by atoms with van der Waals surface area (Å²) in [6.07, 6.45) is -8.43. The minimum absolute atomic E-state index is 0. The quantitative estimate of drug-likeness (QED) is 0.0166. The molecule has 0 spiro atoms. The van der Waals surface area contributed by atoms with Crippen LogP contribution in [0.25, 0.3) is 11.2 Å². The maximum atomic E-state index is 14.2. The number of aliphatic hydroxyl groups excluding tert-OH is 11. The Labute approximate surface area is 846 Å². The van der Waals surface area contributed by atoms with Gasteiger partial charge in [0.25, 0.3) is 7.82 Å². The second-order valence-corrected chi connectivity index (χ2v) is 37.0. The van der Waals surface area contributed by atoms with Crippen molar-refractivity contribution in [2.45, 2.75) is 322 Å². The molecular weight excluding hydrogens is 1910 g/mol. The van der Waals surface area contributed by atoms with Crippen LogP contribution in [-0.2, 0) is 114 Å². The number of ether oxygens (including phenoxy) is 10. The third-order valence-electron chi connectivity index (χ3n) is 24.0. The molecule has 0 aromatic carbocycles. The number of hydrogen-bond donors (Lipinski definition) is 22. The summed E-state index contributed by atoms with van der Waals surface area (Å²) < 4.78 is 83.7. The smallest absolute Gasteiger partial charge is 0.756 e. The van der Waals surface area contributed by atoms with E-state index in [1.54, 1.807) is 0 Å². The average molecular weight is 2060 g/mol. The summed E-state index contributed by atoms with van der Waals surface area (Å²) in [7, 11) is -5.07. The molecule has 7 heterocycles. The van der Waals surface area contributed by atoms with Gasteiger partial charge in [0.15, 0.2) is 30.3 Å². The molecule has 5 aliphatic rings. The number of imidazole rings is 1. The molecule has 0 bridgehead atoms. The molecule has 0 saturated carbocycles. The van der Waals surface area contributed by atoms with Crippen LogP contribution >= 0.6 is 7.82 Å². The zero-order valence-electron chi connectivity index (χ0n) is 81.5. The third-order valence-corrected chi connectivity index (χ3v) is 24.9. The maximum absolute atomic E-state index is 14.2. The number of likely N-dealkylation sites (tertiary alicyclic amines) is 1. The van der Waals surface area contributed by atoms with Crippen molar-refractivity contribution in [1.82, 2.24) is 77.6 Å². The van der Waals surface area contributed by atoms with E-state index in [1.165, 1.54) is 42.9 Å². The Morgan fingerprint density at radius 2 is 0.810 bits per heavy atom. The molecule has 11 amide bonds. The largest absolute Gasteiger partial charge is 1.00 e. The van der Waals surface area contributed by atoms with Crippen LogP contribution in [0.2, 0.25) is 0 Å². The maximum Gasteiger partial charge on any atom is 1.00 e. The van der Waals surface area contributed by atoms with Crippen molar-refractivity contribution in [3.8, 4) is 0 Å². The number of carbonyl (C=O) groups is 11. The number of unbranched alkanes of at least 4 members (excludes halogenated alkanes) is 10. The van der Waals surface area contributed by atoms with E-state index in [1.807, 2.05) is 0 Å². The molecule has 23 N–H and O–H groups in total. The molecule has 5 saturated heterocycles. The number of nitrogens with zero attached hydrogens (tertiary/aromatic N) is 5. The number of fused-ring (bicyclic) bond motifs is 1. The van der Waals surface area contributed by atoms with Crippen LogP contribution in [0.1, 0.15) is 200 Å². The van der Waals surface area contributed by atoms with Crippen molar-refractivity contribution in [2.75, 3.05) is 144 Å². The summed E-state index contributed by atoms with van der Waals surface area (Å²) in [5.41, 5.74) is 5.07. The van der Waals surface area contributed by atoms with E-state index in [0.717, 1.165) is 25.7 Å². The molecule has 54 heteroatoms. The summed E-state index contributed by atoms with van der Waals surface area (Å²) in [4.78, 5) is 168. The van der Waals surface area contributed by atoms with E-state index in [9.17, 15) is 118 Å². The zero-order chi connectivity index (χ0) is 103.